The predicted octanol–water partition coefficient (Wildman–Crippen LogP) is 2.58. The van der Waals surface area contributed by atoms with Crippen LogP contribution in [0.15, 0.2) is 16.5 Å². The van der Waals surface area contributed by atoms with Crippen LogP contribution in [-0.4, -0.2) is 34.9 Å². The zero-order valence-corrected chi connectivity index (χ0v) is 13.1. The fourth-order valence-corrected chi connectivity index (χ4v) is 3.49. The van der Waals surface area contributed by atoms with Crippen LogP contribution in [0.3, 0.4) is 0 Å². The highest BCUT2D eigenvalue weighted by atomic mass is 32.1. The lowest BCUT2D eigenvalue weighted by Gasteiger charge is -2.29. The van der Waals surface area contributed by atoms with Gasteiger partial charge in [0.25, 0.3) is 5.91 Å². The number of amides is 1. The maximum atomic E-state index is 12.6. The Labute approximate surface area is 127 Å². The fourth-order valence-electron chi connectivity index (χ4n) is 2.50. The highest BCUT2D eigenvalue weighted by molar-refractivity contribution is 7.17. The molecule has 0 saturated carbocycles. The average Bonchev–Trinajstić information content (AvgIpc) is 3.05. The van der Waals surface area contributed by atoms with Crippen LogP contribution >= 0.6 is 11.3 Å². The van der Waals surface area contributed by atoms with Gasteiger partial charge in [-0.25, -0.2) is 4.98 Å². The van der Waals surface area contributed by atoms with Gasteiger partial charge < -0.3 is 15.1 Å². The molecule has 0 unspecified atom stereocenters. The number of hydrogen-bond acceptors (Lipinski definition) is 5. The molecular formula is C15H19N3O2S. The molecule has 21 heavy (non-hydrogen) atoms. The number of nitrogens with zero attached hydrogens (tertiary/aromatic N) is 2. The van der Waals surface area contributed by atoms with E-state index in [9.17, 15) is 4.79 Å². The molecule has 2 aromatic rings. The first-order chi connectivity index (χ1) is 10.0. The molecule has 0 aromatic carbocycles. The number of rotatable bonds is 2. The van der Waals surface area contributed by atoms with E-state index in [1.165, 1.54) is 11.3 Å². The Bertz CT molecular complexity index is 654. The molecule has 1 fully saturated rings. The monoisotopic (exact) mass is 305 g/mol. The number of thiazole rings is 1. The average molecular weight is 305 g/mol. The third-order valence-electron chi connectivity index (χ3n) is 3.77. The second-order valence-electron chi connectivity index (χ2n) is 5.47. The maximum Gasteiger partial charge on any atom is 0.265 e. The lowest BCUT2D eigenvalue weighted by Crippen LogP contribution is -2.42. The molecule has 3 rings (SSSR count). The lowest BCUT2D eigenvalue weighted by molar-refractivity contribution is 0.0718. The molecule has 2 aromatic heterocycles. The van der Waals surface area contributed by atoms with E-state index in [4.69, 9.17) is 10.2 Å². The standard InChI is InChI=1S/C15H19N3O2S/c1-9-3-4-12(20-9)14-17-10(2)13(21-14)15(19)18-7-5-11(16)6-8-18/h3-4,11H,5-8,16H2,1-2H3. The van der Waals surface area contributed by atoms with Gasteiger partial charge in [0.1, 0.15) is 10.6 Å². The third-order valence-corrected chi connectivity index (χ3v) is 4.93. The summed E-state index contributed by atoms with van der Waals surface area (Å²) in [7, 11) is 0. The number of likely N-dealkylation sites (tertiary alicyclic amines) is 1. The van der Waals surface area contributed by atoms with Crippen molar-refractivity contribution < 1.29 is 9.21 Å². The molecule has 1 aliphatic heterocycles. The third kappa shape index (κ3) is 2.87. The van der Waals surface area contributed by atoms with E-state index >= 15 is 0 Å². The lowest BCUT2D eigenvalue weighted by atomic mass is 10.1. The highest BCUT2D eigenvalue weighted by Crippen LogP contribution is 2.30. The van der Waals surface area contributed by atoms with Crippen LogP contribution in [0, 0.1) is 13.8 Å². The van der Waals surface area contributed by atoms with Crippen LogP contribution in [0.25, 0.3) is 10.8 Å². The van der Waals surface area contributed by atoms with Crippen molar-refractivity contribution in [2.45, 2.75) is 32.7 Å². The second-order valence-corrected chi connectivity index (χ2v) is 6.47. The minimum Gasteiger partial charge on any atom is -0.459 e. The minimum atomic E-state index is 0.0615. The van der Waals surface area contributed by atoms with Crippen LogP contribution in [-0.2, 0) is 0 Å². The Morgan fingerprint density at radius 3 is 2.71 bits per heavy atom. The smallest absolute Gasteiger partial charge is 0.265 e. The molecule has 2 N–H and O–H groups in total. The van der Waals surface area contributed by atoms with Gasteiger partial charge in [0, 0.05) is 19.1 Å². The molecule has 1 aliphatic rings. The van der Waals surface area contributed by atoms with Crippen molar-refractivity contribution in [3.05, 3.63) is 28.5 Å². The van der Waals surface area contributed by atoms with Crippen molar-refractivity contribution in [1.29, 1.82) is 0 Å². The van der Waals surface area contributed by atoms with E-state index in [2.05, 4.69) is 4.98 Å². The predicted molar refractivity (Wildman–Crippen MR) is 82.4 cm³/mol. The summed E-state index contributed by atoms with van der Waals surface area (Å²) in [4.78, 5) is 19.7. The SMILES string of the molecule is Cc1ccc(-c2nc(C)c(C(=O)N3CCC(N)CC3)s2)o1. The topological polar surface area (TPSA) is 72.4 Å². The van der Waals surface area contributed by atoms with Crippen molar-refractivity contribution >= 4 is 17.2 Å². The molecule has 0 radical (unpaired) electrons. The van der Waals surface area contributed by atoms with Crippen molar-refractivity contribution in [2.24, 2.45) is 5.73 Å². The molecule has 1 saturated heterocycles. The van der Waals surface area contributed by atoms with Crippen LogP contribution in [0.2, 0.25) is 0 Å². The summed E-state index contributed by atoms with van der Waals surface area (Å²) in [6.07, 6.45) is 1.74. The number of furan rings is 1. The summed E-state index contributed by atoms with van der Waals surface area (Å²) < 4.78 is 5.58. The number of carbonyl (C=O) groups is 1. The molecule has 0 atom stereocenters. The summed E-state index contributed by atoms with van der Waals surface area (Å²) in [6, 6.07) is 4.01. The summed E-state index contributed by atoms with van der Waals surface area (Å²) in [5, 5.41) is 0.762. The van der Waals surface area contributed by atoms with Gasteiger partial charge in [-0.1, -0.05) is 0 Å². The molecule has 6 heteroatoms. The largest absolute Gasteiger partial charge is 0.459 e. The normalized spacial score (nSPS) is 16.4. The van der Waals surface area contributed by atoms with E-state index in [-0.39, 0.29) is 11.9 Å². The van der Waals surface area contributed by atoms with E-state index < -0.39 is 0 Å². The Kier molecular flexibility index (Phi) is 3.82. The highest BCUT2D eigenvalue weighted by Gasteiger charge is 2.25. The summed E-state index contributed by atoms with van der Waals surface area (Å²) in [5.41, 5.74) is 6.66. The van der Waals surface area contributed by atoms with Gasteiger partial charge >= 0.3 is 0 Å². The van der Waals surface area contributed by atoms with Crippen LogP contribution in [0.5, 0.6) is 0 Å². The molecule has 3 heterocycles. The number of piperidine rings is 1. The molecule has 0 spiro atoms. The van der Waals surface area contributed by atoms with E-state index in [0.717, 1.165) is 48.2 Å². The van der Waals surface area contributed by atoms with Gasteiger partial charge in [-0.05, 0) is 38.8 Å². The maximum absolute atomic E-state index is 12.6. The second kappa shape index (κ2) is 5.61. The van der Waals surface area contributed by atoms with Crippen molar-refractivity contribution in [3.8, 4) is 10.8 Å². The quantitative estimate of drug-likeness (QED) is 0.925. The summed E-state index contributed by atoms with van der Waals surface area (Å²) >= 11 is 1.40. The molecule has 5 nitrogen and oxygen atoms in total. The first-order valence-electron chi connectivity index (χ1n) is 7.13. The van der Waals surface area contributed by atoms with Gasteiger partial charge in [0.15, 0.2) is 10.8 Å². The Balaban J connectivity index is 1.82. The fraction of sp³-hybridized carbons (Fsp3) is 0.467. The van der Waals surface area contributed by atoms with E-state index in [1.54, 1.807) is 0 Å². The molecule has 112 valence electrons. The van der Waals surface area contributed by atoms with Crippen molar-refractivity contribution in [2.75, 3.05) is 13.1 Å². The van der Waals surface area contributed by atoms with Gasteiger partial charge in [-0.15, -0.1) is 11.3 Å². The van der Waals surface area contributed by atoms with Gasteiger partial charge in [0.2, 0.25) is 0 Å². The van der Waals surface area contributed by atoms with E-state index in [1.807, 2.05) is 30.9 Å². The van der Waals surface area contributed by atoms with Crippen LogP contribution in [0.1, 0.15) is 34.0 Å². The summed E-state index contributed by atoms with van der Waals surface area (Å²) in [5.74, 6) is 1.63. The van der Waals surface area contributed by atoms with Crippen LogP contribution in [0.4, 0.5) is 0 Å². The molecule has 0 aliphatic carbocycles. The van der Waals surface area contributed by atoms with Gasteiger partial charge in [-0.2, -0.15) is 0 Å². The first kappa shape index (κ1) is 14.3. The van der Waals surface area contributed by atoms with Gasteiger partial charge in [-0.3, -0.25) is 4.79 Å². The van der Waals surface area contributed by atoms with Crippen molar-refractivity contribution in [3.63, 3.8) is 0 Å². The number of hydrogen-bond donors (Lipinski definition) is 1. The zero-order chi connectivity index (χ0) is 15.0. The molecular weight excluding hydrogens is 286 g/mol. The Morgan fingerprint density at radius 1 is 1.38 bits per heavy atom. The van der Waals surface area contributed by atoms with Gasteiger partial charge in [0.05, 0.1) is 5.69 Å². The minimum absolute atomic E-state index is 0.0615. The Hall–Kier alpha value is -1.66. The first-order valence-corrected chi connectivity index (χ1v) is 7.95. The number of aromatic nitrogens is 1. The zero-order valence-electron chi connectivity index (χ0n) is 12.3. The van der Waals surface area contributed by atoms with Crippen LogP contribution < -0.4 is 5.73 Å². The van der Waals surface area contributed by atoms with Crippen molar-refractivity contribution in [1.82, 2.24) is 9.88 Å². The molecule has 1 amide bonds. The molecule has 0 bridgehead atoms. The van der Waals surface area contributed by atoms with E-state index in [0.29, 0.717) is 4.88 Å². The number of carbonyl (C=O) groups excluding carboxylic acids is 1. The Morgan fingerprint density at radius 2 is 2.10 bits per heavy atom. The summed E-state index contributed by atoms with van der Waals surface area (Å²) in [6.45, 7) is 5.23. The number of nitrogens with two attached hydrogens (primary N) is 1. The number of aryl methyl sites for hydroxylation is 2.